The SMILES string of the molecule is C=CCCC1CCC(CCc2ccc(C#Cc3ccc4c(F)c(CC/C=C/C)ccc4c3)cc2)CC1. The van der Waals surface area contributed by atoms with Crippen LogP contribution in [0, 0.1) is 29.5 Å². The largest absolute Gasteiger partial charge is 0.206 e. The molecule has 3 aromatic rings. The molecule has 1 aliphatic carbocycles. The fraction of sp³-hybridized carbons (Fsp3) is 0.371. The first-order valence-electron chi connectivity index (χ1n) is 13.7. The summed E-state index contributed by atoms with van der Waals surface area (Å²) in [5, 5.41) is 1.58. The van der Waals surface area contributed by atoms with Crippen molar-refractivity contribution >= 4 is 10.8 Å². The van der Waals surface area contributed by atoms with Gasteiger partial charge in [-0.05, 0) is 98.1 Å². The second-order valence-corrected chi connectivity index (χ2v) is 10.3. The predicted molar refractivity (Wildman–Crippen MR) is 153 cm³/mol. The third-order valence-corrected chi connectivity index (χ3v) is 7.74. The molecule has 0 amide bonds. The van der Waals surface area contributed by atoms with E-state index in [2.05, 4.69) is 54.8 Å². The van der Waals surface area contributed by atoms with E-state index >= 15 is 0 Å². The Balaban J connectivity index is 1.32. The average Bonchev–Trinajstić information content (AvgIpc) is 2.92. The molecular formula is C35H39F. The van der Waals surface area contributed by atoms with Gasteiger partial charge in [0.05, 0.1) is 0 Å². The van der Waals surface area contributed by atoms with Gasteiger partial charge in [0, 0.05) is 16.5 Å². The highest BCUT2D eigenvalue weighted by atomic mass is 19.1. The summed E-state index contributed by atoms with van der Waals surface area (Å²) in [5.74, 6) is 8.24. The van der Waals surface area contributed by atoms with Gasteiger partial charge in [0.2, 0.25) is 0 Å². The van der Waals surface area contributed by atoms with E-state index in [-0.39, 0.29) is 5.82 Å². The molecule has 1 fully saturated rings. The Morgan fingerprint density at radius 2 is 1.53 bits per heavy atom. The molecule has 0 bridgehead atoms. The molecule has 0 N–H and O–H groups in total. The summed E-state index contributed by atoms with van der Waals surface area (Å²) in [7, 11) is 0. The van der Waals surface area contributed by atoms with Crippen molar-refractivity contribution in [3.63, 3.8) is 0 Å². The fourth-order valence-electron chi connectivity index (χ4n) is 5.45. The van der Waals surface area contributed by atoms with Crippen molar-refractivity contribution in [3.05, 3.63) is 107 Å². The molecule has 0 atom stereocenters. The lowest BCUT2D eigenvalue weighted by Crippen LogP contribution is -2.15. The van der Waals surface area contributed by atoms with Crippen molar-refractivity contribution in [2.24, 2.45) is 11.8 Å². The first-order chi connectivity index (χ1) is 17.7. The Morgan fingerprint density at radius 3 is 2.25 bits per heavy atom. The van der Waals surface area contributed by atoms with Crippen LogP contribution in [0.5, 0.6) is 0 Å². The van der Waals surface area contributed by atoms with Gasteiger partial charge in [0.1, 0.15) is 5.82 Å². The lowest BCUT2D eigenvalue weighted by Gasteiger charge is -2.28. The van der Waals surface area contributed by atoms with E-state index in [1.807, 2.05) is 43.3 Å². The van der Waals surface area contributed by atoms with Gasteiger partial charge in [0.15, 0.2) is 0 Å². The van der Waals surface area contributed by atoms with Crippen LogP contribution < -0.4 is 0 Å². The minimum atomic E-state index is -0.104. The minimum absolute atomic E-state index is 0.104. The van der Waals surface area contributed by atoms with Crippen LogP contribution in [0.4, 0.5) is 4.39 Å². The summed E-state index contributed by atoms with van der Waals surface area (Å²) >= 11 is 0. The summed E-state index contributed by atoms with van der Waals surface area (Å²) in [6, 6.07) is 18.4. The molecule has 3 aromatic carbocycles. The smallest absolute Gasteiger partial charge is 0.134 e. The third-order valence-electron chi connectivity index (χ3n) is 7.74. The van der Waals surface area contributed by atoms with Crippen molar-refractivity contribution in [2.45, 2.75) is 71.1 Å². The van der Waals surface area contributed by atoms with Gasteiger partial charge >= 0.3 is 0 Å². The number of hydrogen-bond donors (Lipinski definition) is 0. The molecule has 1 saturated carbocycles. The molecule has 0 nitrogen and oxygen atoms in total. The van der Waals surface area contributed by atoms with Crippen LogP contribution in [0.25, 0.3) is 10.8 Å². The summed E-state index contributed by atoms with van der Waals surface area (Å²) in [6.07, 6.45) is 18.2. The summed E-state index contributed by atoms with van der Waals surface area (Å²) in [4.78, 5) is 0. The summed E-state index contributed by atoms with van der Waals surface area (Å²) < 4.78 is 14.9. The monoisotopic (exact) mass is 478 g/mol. The van der Waals surface area contributed by atoms with Crippen LogP contribution in [0.15, 0.2) is 79.4 Å². The predicted octanol–water partition coefficient (Wildman–Crippen LogP) is 9.59. The minimum Gasteiger partial charge on any atom is -0.206 e. The van der Waals surface area contributed by atoms with E-state index in [4.69, 9.17) is 0 Å². The Labute approximate surface area is 217 Å². The molecule has 1 aliphatic rings. The maximum absolute atomic E-state index is 14.9. The van der Waals surface area contributed by atoms with Crippen molar-refractivity contribution in [2.75, 3.05) is 0 Å². The number of benzene rings is 3. The molecule has 0 heterocycles. The third kappa shape index (κ3) is 7.20. The second-order valence-electron chi connectivity index (χ2n) is 10.3. The lowest BCUT2D eigenvalue weighted by molar-refractivity contribution is 0.254. The molecule has 0 saturated heterocycles. The maximum Gasteiger partial charge on any atom is 0.134 e. The average molecular weight is 479 g/mol. The van der Waals surface area contributed by atoms with E-state index in [1.54, 1.807) is 0 Å². The molecule has 36 heavy (non-hydrogen) atoms. The van der Waals surface area contributed by atoms with Crippen molar-refractivity contribution in [3.8, 4) is 11.8 Å². The van der Waals surface area contributed by atoms with Gasteiger partial charge in [-0.3, -0.25) is 0 Å². The van der Waals surface area contributed by atoms with Gasteiger partial charge in [-0.1, -0.05) is 86.1 Å². The molecular weight excluding hydrogens is 439 g/mol. The highest BCUT2D eigenvalue weighted by molar-refractivity contribution is 5.85. The van der Waals surface area contributed by atoms with Gasteiger partial charge in [-0.25, -0.2) is 4.39 Å². The Kier molecular flexibility index (Phi) is 9.57. The van der Waals surface area contributed by atoms with E-state index in [1.165, 1.54) is 50.5 Å². The van der Waals surface area contributed by atoms with Gasteiger partial charge < -0.3 is 0 Å². The first-order valence-corrected chi connectivity index (χ1v) is 13.7. The van der Waals surface area contributed by atoms with Crippen molar-refractivity contribution in [1.29, 1.82) is 0 Å². The van der Waals surface area contributed by atoms with E-state index in [0.717, 1.165) is 53.2 Å². The van der Waals surface area contributed by atoms with Crippen molar-refractivity contribution in [1.82, 2.24) is 0 Å². The Morgan fingerprint density at radius 1 is 0.833 bits per heavy atom. The topological polar surface area (TPSA) is 0 Å². The maximum atomic E-state index is 14.9. The molecule has 0 radical (unpaired) electrons. The number of allylic oxidation sites excluding steroid dienone is 3. The van der Waals surface area contributed by atoms with E-state index < -0.39 is 0 Å². The summed E-state index contributed by atoms with van der Waals surface area (Å²) in [5.41, 5.74) is 4.11. The van der Waals surface area contributed by atoms with Gasteiger partial charge in [-0.2, -0.15) is 0 Å². The normalized spacial score (nSPS) is 17.7. The Hall–Kier alpha value is -3.11. The number of hydrogen-bond acceptors (Lipinski definition) is 0. The molecule has 0 unspecified atom stereocenters. The highest BCUT2D eigenvalue weighted by Crippen LogP contribution is 2.34. The van der Waals surface area contributed by atoms with Gasteiger partial charge in [0.25, 0.3) is 0 Å². The van der Waals surface area contributed by atoms with E-state index in [0.29, 0.717) is 5.39 Å². The van der Waals surface area contributed by atoms with Crippen LogP contribution >= 0.6 is 0 Å². The molecule has 0 spiro atoms. The molecule has 0 aliphatic heterocycles. The van der Waals surface area contributed by atoms with Crippen LogP contribution in [0.1, 0.15) is 80.5 Å². The second kappa shape index (κ2) is 13.3. The summed E-state index contributed by atoms with van der Waals surface area (Å²) in [6.45, 7) is 5.85. The highest BCUT2D eigenvalue weighted by Gasteiger charge is 2.20. The van der Waals surface area contributed by atoms with Crippen LogP contribution in [0.3, 0.4) is 0 Å². The number of fused-ring (bicyclic) bond motifs is 1. The lowest BCUT2D eigenvalue weighted by atomic mass is 9.78. The number of aryl methyl sites for hydroxylation is 2. The fourth-order valence-corrected chi connectivity index (χ4v) is 5.45. The molecule has 186 valence electrons. The molecule has 4 rings (SSSR count). The Bertz CT molecular complexity index is 1230. The van der Waals surface area contributed by atoms with Crippen LogP contribution in [-0.4, -0.2) is 0 Å². The van der Waals surface area contributed by atoms with Crippen molar-refractivity contribution < 1.29 is 4.39 Å². The quantitative estimate of drug-likeness (QED) is 0.212. The number of rotatable bonds is 9. The first kappa shape index (κ1) is 26.0. The molecule has 0 aromatic heterocycles. The van der Waals surface area contributed by atoms with Crippen LogP contribution in [0.2, 0.25) is 0 Å². The van der Waals surface area contributed by atoms with Crippen LogP contribution in [-0.2, 0) is 12.8 Å². The van der Waals surface area contributed by atoms with Gasteiger partial charge in [-0.15, -0.1) is 6.58 Å². The zero-order valence-corrected chi connectivity index (χ0v) is 21.7. The number of halogens is 1. The standard InChI is InChI=1S/C35H39F/c1-3-5-7-9-32-23-24-33-26-31(22-25-34(33)35(32)36)21-20-30-18-16-29(17-19-30)15-14-28-12-10-27(11-13-28)8-6-4-2/h3-5,16-19,22-28H,2,6-15H2,1H3/b5-3+. The molecule has 1 heteroatoms. The zero-order valence-electron chi connectivity index (χ0n) is 21.7. The zero-order chi connectivity index (χ0) is 25.2. The van der Waals surface area contributed by atoms with E-state index in [9.17, 15) is 4.39 Å².